The molecule has 16 heavy (non-hydrogen) atoms. The van der Waals surface area contributed by atoms with Gasteiger partial charge in [-0.2, -0.15) is 0 Å². The lowest BCUT2D eigenvalue weighted by Crippen LogP contribution is -2.34. The van der Waals surface area contributed by atoms with Gasteiger partial charge >= 0.3 is 0 Å². The average Bonchev–Trinajstić information content (AvgIpc) is 2.73. The number of rotatable bonds is 1. The third-order valence-corrected chi connectivity index (χ3v) is 4.48. The van der Waals surface area contributed by atoms with E-state index in [1.165, 1.54) is 5.56 Å². The summed E-state index contributed by atoms with van der Waals surface area (Å²) in [6, 6.07) is 8.07. The molecule has 3 rings (SSSR count). The maximum Gasteiger partial charge on any atom is 0.0952 e. The Morgan fingerprint density at radius 2 is 1.88 bits per heavy atom. The Morgan fingerprint density at radius 1 is 1.19 bits per heavy atom. The third kappa shape index (κ3) is 1.26. The molecular formula is C14H18O2. The Labute approximate surface area is 95.9 Å². The van der Waals surface area contributed by atoms with E-state index < -0.39 is 5.60 Å². The fraction of sp³-hybridized carbons (Fsp3) is 0.571. The normalized spacial score (nSPS) is 41.6. The second-order valence-electron chi connectivity index (χ2n) is 5.43. The number of hydrogen-bond acceptors (Lipinski definition) is 2. The third-order valence-electron chi connectivity index (χ3n) is 4.48. The van der Waals surface area contributed by atoms with Gasteiger partial charge in [0.25, 0.3) is 0 Å². The number of hydrogen-bond donors (Lipinski definition) is 2. The van der Waals surface area contributed by atoms with Crippen LogP contribution in [0.5, 0.6) is 0 Å². The first-order chi connectivity index (χ1) is 7.61. The lowest BCUT2D eigenvalue weighted by molar-refractivity contribution is -0.0338. The summed E-state index contributed by atoms with van der Waals surface area (Å²) in [5.41, 5.74) is 1.40. The lowest BCUT2D eigenvalue weighted by Gasteiger charge is -2.32. The predicted molar refractivity (Wildman–Crippen MR) is 61.9 cm³/mol. The Balaban J connectivity index is 1.98. The van der Waals surface area contributed by atoms with Gasteiger partial charge < -0.3 is 10.2 Å². The van der Waals surface area contributed by atoms with Crippen molar-refractivity contribution in [2.45, 2.75) is 37.9 Å². The zero-order valence-electron chi connectivity index (χ0n) is 9.56. The van der Waals surface area contributed by atoms with E-state index in [-0.39, 0.29) is 12.0 Å². The van der Waals surface area contributed by atoms with E-state index >= 15 is 0 Å². The van der Waals surface area contributed by atoms with E-state index in [1.807, 2.05) is 31.2 Å². The van der Waals surface area contributed by atoms with Gasteiger partial charge in [-0.15, -0.1) is 0 Å². The van der Waals surface area contributed by atoms with Crippen molar-refractivity contribution in [1.29, 1.82) is 0 Å². The fourth-order valence-corrected chi connectivity index (χ4v) is 3.53. The predicted octanol–water partition coefficient (Wildman–Crippen LogP) is 1.97. The van der Waals surface area contributed by atoms with Crippen LogP contribution in [0.3, 0.4) is 0 Å². The summed E-state index contributed by atoms with van der Waals surface area (Å²) in [6.45, 7) is 2.05. The van der Waals surface area contributed by atoms with Crippen LogP contribution in [-0.2, 0) is 5.60 Å². The Bertz CT molecular complexity index is 398. The van der Waals surface area contributed by atoms with Crippen LogP contribution in [0.15, 0.2) is 24.3 Å². The van der Waals surface area contributed by atoms with E-state index in [2.05, 4.69) is 0 Å². The zero-order chi connectivity index (χ0) is 11.3. The highest BCUT2D eigenvalue weighted by Gasteiger charge is 2.56. The van der Waals surface area contributed by atoms with Gasteiger partial charge in [0, 0.05) is 5.92 Å². The van der Waals surface area contributed by atoms with Crippen LogP contribution >= 0.6 is 0 Å². The maximum atomic E-state index is 10.8. The van der Waals surface area contributed by atoms with Crippen LogP contribution in [0.4, 0.5) is 0 Å². The molecule has 2 aliphatic carbocycles. The molecule has 0 spiro atoms. The van der Waals surface area contributed by atoms with Gasteiger partial charge in [-0.05, 0) is 37.7 Å². The SMILES string of the molecule is Cc1ccc([C@@]2(O)CC3CCC2[C@H]3O)cc1. The molecule has 1 aromatic carbocycles. The number of fused-ring (bicyclic) bond motifs is 2. The summed E-state index contributed by atoms with van der Waals surface area (Å²) >= 11 is 0. The molecule has 2 heteroatoms. The second kappa shape index (κ2) is 3.31. The molecule has 0 aliphatic heterocycles. The maximum absolute atomic E-state index is 10.8. The second-order valence-corrected chi connectivity index (χ2v) is 5.43. The number of aliphatic hydroxyl groups excluding tert-OH is 1. The minimum atomic E-state index is -0.782. The molecule has 2 unspecified atom stereocenters. The molecule has 2 aliphatic rings. The van der Waals surface area contributed by atoms with Gasteiger partial charge in [0.15, 0.2) is 0 Å². The Hall–Kier alpha value is -0.860. The van der Waals surface area contributed by atoms with Crippen molar-refractivity contribution < 1.29 is 10.2 Å². The molecule has 0 heterocycles. The van der Waals surface area contributed by atoms with E-state index in [0.717, 1.165) is 24.8 Å². The van der Waals surface area contributed by atoms with Crippen molar-refractivity contribution >= 4 is 0 Å². The molecule has 86 valence electrons. The highest BCUT2D eigenvalue weighted by Crippen LogP contribution is 2.55. The van der Waals surface area contributed by atoms with Crippen molar-refractivity contribution in [2.24, 2.45) is 11.8 Å². The quantitative estimate of drug-likeness (QED) is 0.756. The van der Waals surface area contributed by atoms with Crippen LogP contribution in [0, 0.1) is 18.8 Å². The number of aryl methyl sites for hydroxylation is 1. The highest BCUT2D eigenvalue weighted by atomic mass is 16.3. The van der Waals surface area contributed by atoms with Gasteiger partial charge in [-0.1, -0.05) is 29.8 Å². The molecule has 2 fully saturated rings. The van der Waals surface area contributed by atoms with Gasteiger partial charge in [-0.25, -0.2) is 0 Å². The molecule has 2 saturated carbocycles. The van der Waals surface area contributed by atoms with Crippen molar-refractivity contribution in [1.82, 2.24) is 0 Å². The molecule has 0 aromatic heterocycles. The average molecular weight is 218 g/mol. The van der Waals surface area contributed by atoms with Crippen molar-refractivity contribution in [2.75, 3.05) is 0 Å². The minimum Gasteiger partial charge on any atom is -0.392 e. The van der Waals surface area contributed by atoms with Crippen molar-refractivity contribution in [3.8, 4) is 0 Å². The molecule has 2 N–H and O–H groups in total. The lowest BCUT2D eigenvalue weighted by atomic mass is 9.79. The highest BCUT2D eigenvalue weighted by molar-refractivity contribution is 5.30. The number of benzene rings is 1. The summed E-state index contributed by atoms with van der Waals surface area (Å²) < 4.78 is 0. The van der Waals surface area contributed by atoms with Gasteiger partial charge in [0.05, 0.1) is 11.7 Å². The first-order valence-corrected chi connectivity index (χ1v) is 6.09. The Morgan fingerprint density at radius 3 is 2.38 bits per heavy atom. The molecule has 4 atom stereocenters. The van der Waals surface area contributed by atoms with Crippen LogP contribution in [0.25, 0.3) is 0 Å². The standard InChI is InChI=1S/C14H18O2/c1-9-2-5-11(6-3-9)14(16)8-10-4-7-12(14)13(10)15/h2-3,5-6,10,12-13,15-16H,4,7-8H2,1H3/t10?,12?,13-,14-/m0/s1. The summed E-state index contributed by atoms with van der Waals surface area (Å²) in [6.07, 6.45) is 2.45. The van der Waals surface area contributed by atoms with E-state index in [4.69, 9.17) is 0 Å². The number of aliphatic hydroxyl groups is 2. The zero-order valence-corrected chi connectivity index (χ0v) is 9.56. The fourth-order valence-electron chi connectivity index (χ4n) is 3.53. The smallest absolute Gasteiger partial charge is 0.0952 e. The monoisotopic (exact) mass is 218 g/mol. The largest absolute Gasteiger partial charge is 0.392 e. The Kier molecular flexibility index (Phi) is 2.13. The van der Waals surface area contributed by atoms with Crippen molar-refractivity contribution in [3.63, 3.8) is 0 Å². The summed E-state index contributed by atoms with van der Waals surface area (Å²) in [5.74, 6) is 0.344. The molecule has 0 saturated heterocycles. The van der Waals surface area contributed by atoms with Crippen molar-refractivity contribution in [3.05, 3.63) is 35.4 Å². The first kappa shape index (κ1) is 10.3. The molecular weight excluding hydrogens is 200 g/mol. The summed E-state index contributed by atoms with van der Waals surface area (Å²) in [7, 11) is 0. The minimum absolute atomic E-state index is 0.0419. The van der Waals surface area contributed by atoms with Crippen LogP contribution in [-0.4, -0.2) is 16.3 Å². The van der Waals surface area contributed by atoms with Crippen LogP contribution in [0.1, 0.15) is 30.4 Å². The topological polar surface area (TPSA) is 40.5 Å². The van der Waals surface area contributed by atoms with Crippen LogP contribution in [0.2, 0.25) is 0 Å². The van der Waals surface area contributed by atoms with Crippen LogP contribution < -0.4 is 0 Å². The molecule has 0 radical (unpaired) electrons. The summed E-state index contributed by atoms with van der Waals surface area (Å²) in [5, 5.41) is 20.8. The molecule has 2 nitrogen and oxygen atoms in total. The summed E-state index contributed by atoms with van der Waals surface area (Å²) in [4.78, 5) is 0. The van der Waals surface area contributed by atoms with E-state index in [1.54, 1.807) is 0 Å². The van der Waals surface area contributed by atoms with Gasteiger partial charge in [-0.3, -0.25) is 0 Å². The molecule has 2 bridgehead atoms. The van der Waals surface area contributed by atoms with Gasteiger partial charge in [0.2, 0.25) is 0 Å². The molecule has 1 aromatic rings. The molecule has 0 amide bonds. The first-order valence-electron chi connectivity index (χ1n) is 6.09. The van der Waals surface area contributed by atoms with E-state index in [9.17, 15) is 10.2 Å². The van der Waals surface area contributed by atoms with Gasteiger partial charge in [0.1, 0.15) is 0 Å². The van der Waals surface area contributed by atoms with E-state index in [0.29, 0.717) is 5.92 Å².